The van der Waals surface area contributed by atoms with E-state index in [0.717, 1.165) is 11.1 Å². The number of alkyl carbamates (subject to hydrolysis) is 1. The normalized spacial score (nSPS) is 11.5. The van der Waals surface area contributed by atoms with Crippen LogP contribution in [0.1, 0.15) is 33.0 Å². The van der Waals surface area contributed by atoms with Crippen molar-refractivity contribution < 1.29 is 23.8 Å². The number of hydrogen-bond donors (Lipinski definition) is 1. The molecular weight excluding hydrogens is 418 g/mol. The molecule has 1 aliphatic rings. The Kier molecular flexibility index (Phi) is 6.61. The second-order valence-corrected chi connectivity index (χ2v) is 7.39. The van der Waals surface area contributed by atoms with Gasteiger partial charge in [0.1, 0.15) is 17.9 Å². The minimum absolute atomic E-state index is 0.00928. The van der Waals surface area contributed by atoms with E-state index in [1.54, 1.807) is 18.2 Å². The van der Waals surface area contributed by atoms with E-state index < -0.39 is 12.1 Å². The second-order valence-electron chi connectivity index (χ2n) is 7.39. The van der Waals surface area contributed by atoms with Crippen molar-refractivity contribution in [2.75, 3.05) is 27.4 Å². The van der Waals surface area contributed by atoms with Crippen LogP contribution in [0.25, 0.3) is 11.1 Å². The molecule has 0 spiro atoms. The van der Waals surface area contributed by atoms with E-state index in [-0.39, 0.29) is 19.1 Å². The summed E-state index contributed by atoms with van der Waals surface area (Å²) >= 11 is 0. The number of rotatable bonds is 5. The van der Waals surface area contributed by atoms with Crippen molar-refractivity contribution in [3.8, 4) is 28.7 Å². The summed E-state index contributed by atoms with van der Waals surface area (Å²) in [6.45, 7) is 0.372. The summed E-state index contributed by atoms with van der Waals surface area (Å²) in [5, 5.41) is 2.65. The van der Waals surface area contributed by atoms with Gasteiger partial charge >= 0.3 is 12.1 Å². The van der Waals surface area contributed by atoms with Crippen LogP contribution in [0, 0.1) is 11.8 Å². The fourth-order valence-electron chi connectivity index (χ4n) is 3.96. The Bertz CT molecular complexity index is 1210. The topological polar surface area (TPSA) is 73.9 Å². The highest BCUT2D eigenvalue weighted by molar-refractivity contribution is 5.92. The molecule has 0 radical (unpaired) electrons. The molecule has 0 atom stereocenters. The first kappa shape index (κ1) is 22.0. The fourth-order valence-corrected chi connectivity index (χ4v) is 3.96. The maximum Gasteiger partial charge on any atom is 0.407 e. The fraction of sp³-hybridized carbons (Fsp3) is 0.185. The number of amides is 1. The lowest BCUT2D eigenvalue weighted by molar-refractivity contribution is 0.0597. The first-order chi connectivity index (χ1) is 16.1. The van der Waals surface area contributed by atoms with Gasteiger partial charge < -0.3 is 19.5 Å². The zero-order valence-electron chi connectivity index (χ0n) is 18.4. The van der Waals surface area contributed by atoms with Gasteiger partial charge in [-0.1, -0.05) is 60.4 Å². The quantitative estimate of drug-likeness (QED) is 0.470. The van der Waals surface area contributed by atoms with Crippen molar-refractivity contribution in [1.82, 2.24) is 5.32 Å². The summed E-state index contributed by atoms with van der Waals surface area (Å²) < 4.78 is 15.4. The molecule has 0 fully saturated rings. The van der Waals surface area contributed by atoms with Gasteiger partial charge in [-0.2, -0.15) is 0 Å². The van der Waals surface area contributed by atoms with E-state index in [0.29, 0.717) is 16.9 Å². The smallest absolute Gasteiger partial charge is 0.407 e. The van der Waals surface area contributed by atoms with E-state index in [9.17, 15) is 9.59 Å². The van der Waals surface area contributed by atoms with Crippen LogP contribution >= 0.6 is 0 Å². The second kappa shape index (κ2) is 9.92. The Morgan fingerprint density at radius 2 is 1.61 bits per heavy atom. The van der Waals surface area contributed by atoms with Crippen LogP contribution in [-0.2, 0) is 9.47 Å². The number of esters is 1. The van der Waals surface area contributed by atoms with Gasteiger partial charge in [0.25, 0.3) is 0 Å². The van der Waals surface area contributed by atoms with Crippen LogP contribution in [-0.4, -0.2) is 39.4 Å². The number of ether oxygens (including phenoxy) is 3. The Hall–Kier alpha value is -4.24. The molecule has 6 nitrogen and oxygen atoms in total. The Morgan fingerprint density at radius 1 is 0.939 bits per heavy atom. The number of methoxy groups -OCH3 is 2. The SMILES string of the molecule is COC(=O)c1ccc(C#CCNC(=O)OCC2c3ccccc3-c3ccccc32)cc1OC. The molecule has 0 unspecified atom stereocenters. The Labute approximate surface area is 192 Å². The number of carbonyl (C=O) groups is 2. The van der Waals surface area contributed by atoms with Crippen LogP contribution in [0.5, 0.6) is 5.75 Å². The molecule has 6 heteroatoms. The summed E-state index contributed by atoms with van der Waals surface area (Å²) in [4.78, 5) is 23.9. The zero-order valence-corrected chi connectivity index (χ0v) is 18.4. The number of benzene rings is 3. The van der Waals surface area contributed by atoms with Crippen molar-refractivity contribution >= 4 is 12.1 Å². The lowest BCUT2D eigenvalue weighted by Crippen LogP contribution is -2.26. The summed E-state index contributed by atoms with van der Waals surface area (Å²) in [6.07, 6.45) is -0.523. The molecule has 4 rings (SSSR count). The molecule has 0 saturated heterocycles. The molecule has 0 aliphatic heterocycles. The molecular formula is C27H23NO5. The first-order valence-corrected chi connectivity index (χ1v) is 10.5. The maximum absolute atomic E-state index is 12.2. The number of carbonyl (C=O) groups excluding carboxylic acids is 2. The van der Waals surface area contributed by atoms with Gasteiger partial charge in [-0.05, 0) is 40.5 Å². The first-order valence-electron chi connectivity index (χ1n) is 10.5. The van der Waals surface area contributed by atoms with Gasteiger partial charge in [0.15, 0.2) is 0 Å². The molecule has 0 heterocycles. The van der Waals surface area contributed by atoms with Crippen molar-refractivity contribution in [3.05, 3.63) is 89.0 Å². The van der Waals surface area contributed by atoms with Gasteiger partial charge in [-0.25, -0.2) is 9.59 Å². The van der Waals surface area contributed by atoms with Crippen LogP contribution in [0.15, 0.2) is 66.7 Å². The van der Waals surface area contributed by atoms with Crippen LogP contribution in [0.2, 0.25) is 0 Å². The Morgan fingerprint density at radius 3 is 2.24 bits per heavy atom. The summed E-state index contributed by atoms with van der Waals surface area (Å²) in [5.74, 6) is 5.70. The highest BCUT2D eigenvalue weighted by Crippen LogP contribution is 2.44. The molecule has 33 heavy (non-hydrogen) atoms. The minimum atomic E-state index is -0.523. The highest BCUT2D eigenvalue weighted by Gasteiger charge is 2.28. The van der Waals surface area contributed by atoms with Crippen molar-refractivity contribution in [2.45, 2.75) is 5.92 Å². The van der Waals surface area contributed by atoms with E-state index in [2.05, 4.69) is 41.4 Å². The average molecular weight is 441 g/mol. The largest absolute Gasteiger partial charge is 0.496 e. The summed E-state index contributed by atoms with van der Waals surface area (Å²) in [5.41, 5.74) is 5.66. The predicted octanol–water partition coefficient (Wildman–Crippen LogP) is 4.37. The molecule has 1 aliphatic carbocycles. The van der Waals surface area contributed by atoms with Crippen LogP contribution in [0.3, 0.4) is 0 Å². The van der Waals surface area contributed by atoms with Gasteiger partial charge in [0.05, 0.1) is 20.8 Å². The van der Waals surface area contributed by atoms with Crippen molar-refractivity contribution in [3.63, 3.8) is 0 Å². The van der Waals surface area contributed by atoms with Gasteiger partial charge in [-0.3, -0.25) is 0 Å². The zero-order chi connectivity index (χ0) is 23.2. The summed E-state index contributed by atoms with van der Waals surface area (Å²) in [7, 11) is 2.78. The standard InChI is InChI=1S/C27H23NO5/c1-31-25-16-18(13-14-23(25)26(29)32-2)8-7-15-28-27(30)33-17-24-21-11-5-3-9-19(21)20-10-4-6-12-22(20)24/h3-6,9-14,16,24H,15,17H2,1-2H3,(H,28,30). The molecule has 1 amide bonds. The number of fused-ring (bicyclic) bond motifs is 3. The molecule has 0 aromatic heterocycles. The number of hydrogen-bond acceptors (Lipinski definition) is 5. The van der Waals surface area contributed by atoms with E-state index in [4.69, 9.17) is 14.2 Å². The van der Waals surface area contributed by atoms with Gasteiger partial charge in [0.2, 0.25) is 0 Å². The Balaban J connectivity index is 1.34. The van der Waals surface area contributed by atoms with E-state index in [1.807, 2.05) is 24.3 Å². The maximum atomic E-state index is 12.2. The van der Waals surface area contributed by atoms with Gasteiger partial charge in [0, 0.05) is 11.5 Å². The molecule has 0 saturated carbocycles. The lowest BCUT2D eigenvalue weighted by atomic mass is 9.98. The third-order valence-electron chi connectivity index (χ3n) is 5.50. The van der Waals surface area contributed by atoms with E-state index >= 15 is 0 Å². The van der Waals surface area contributed by atoms with Crippen LogP contribution < -0.4 is 10.1 Å². The van der Waals surface area contributed by atoms with Crippen LogP contribution in [0.4, 0.5) is 4.79 Å². The van der Waals surface area contributed by atoms with Crippen molar-refractivity contribution in [2.24, 2.45) is 0 Å². The molecule has 3 aromatic rings. The summed E-state index contributed by atoms with van der Waals surface area (Å²) in [6, 6.07) is 21.3. The monoisotopic (exact) mass is 441 g/mol. The minimum Gasteiger partial charge on any atom is -0.496 e. The molecule has 0 bridgehead atoms. The third-order valence-corrected chi connectivity index (χ3v) is 5.50. The average Bonchev–Trinajstić information content (AvgIpc) is 3.18. The van der Waals surface area contributed by atoms with Gasteiger partial charge in [-0.15, -0.1) is 0 Å². The highest BCUT2D eigenvalue weighted by atomic mass is 16.5. The lowest BCUT2D eigenvalue weighted by Gasteiger charge is -2.14. The molecule has 166 valence electrons. The predicted molar refractivity (Wildman–Crippen MR) is 124 cm³/mol. The van der Waals surface area contributed by atoms with E-state index in [1.165, 1.54) is 25.3 Å². The molecule has 3 aromatic carbocycles. The third kappa shape index (κ3) is 4.68. The van der Waals surface area contributed by atoms with Crippen molar-refractivity contribution in [1.29, 1.82) is 0 Å². The molecule has 1 N–H and O–H groups in total. The number of nitrogens with one attached hydrogen (secondary N) is 1.